The second kappa shape index (κ2) is 3.26. The molecule has 4 nitrogen and oxygen atoms in total. The van der Waals surface area contributed by atoms with Gasteiger partial charge in [-0.2, -0.15) is 0 Å². The zero-order valence-electron chi connectivity index (χ0n) is 7.98. The van der Waals surface area contributed by atoms with Gasteiger partial charge in [-0.25, -0.2) is 0 Å². The Hall–Kier alpha value is -1.06. The first-order valence-corrected chi connectivity index (χ1v) is 5.13. The molecule has 0 aromatic heterocycles. The Balaban J connectivity index is 2.27. The summed E-state index contributed by atoms with van der Waals surface area (Å²) in [6, 6.07) is 0. The lowest BCUT2D eigenvalue weighted by molar-refractivity contribution is -0.147. The number of amides is 1. The van der Waals surface area contributed by atoms with Crippen molar-refractivity contribution in [1.82, 2.24) is 0 Å². The molecule has 4 heteroatoms. The highest BCUT2D eigenvalue weighted by molar-refractivity contribution is 5.84. The molecule has 1 amide bonds. The summed E-state index contributed by atoms with van der Waals surface area (Å²) in [6.45, 7) is 0. The molecule has 0 radical (unpaired) electrons. The molecule has 0 aromatic rings. The highest BCUT2D eigenvalue weighted by Crippen LogP contribution is 2.49. The van der Waals surface area contributed by atoms with Crippen molar-refractivity contribution in [3.8, 4) is 0 Å². The minimum absolute atomic E-state index is 0.184. The number of hydrogen-bond donors (Lipinski definition) is 2. The minimum atomic E-state index is -0.844. The van der Waals surface area contributed by atoms with Crippen molar-refractivity contribution >= 4 is 11.9 Å². The van der Waals surface area contributed by atoms with Crippen molar-refractivity contribution in [1.29, 1.82) is 0 Å². The molecule has 78 valence electrons. The van der Waals surface area contributed by atoms with Gasteiger partial charge in [-0.15, -0.1) is 0 Å². The Morgan fingerprint density at radius 3 is 2.21 bits per heavy atom. The van der Waals surface area contributed by atoms with Gasteiger partial charge in [-0.1, -0.05) is 6.42 Å². The van der Waals surface area contributed by atoms with Crippen LogP contribution in [0.1, 0.15) is 25.7 Å². The molecule has 0 heterocycles. The number of hydrogen-bond acceptors (Lipinski definition) is 2. The molecule has 0 spiro atoms. The summed E-state index contributed by atoms with van der Waals surface area (Å²) in [6.07, 6.45) is 3.83. The van der Waals surface area contributed by atoms with E-state index in [0.717, 1.165) is 25.7 Å². The van der Waals surface area contributed by atoms with Crippen molar-refractivity contribution in [3.63, 3.8) is 0 Å². The SMILES string of the molecule is NC(=O)C1C2CCCC(C2)C1C(=O)O. The van der Waals surface area contributed by atoms with Gasteiger partial charge in [0.15, 0.2) is 0 Å². The normalized spacial score (nSPS) is 40.9. The third-order valence-corrected chi connectivity index (χ3v) is 3.77. The number of nitrogens with two attached hydrogens (primary N) is 1. The quantitative estimate of drug-likeness (QED) is 0.680. The van der Waals surface area contributed by atoms with Crippen LogP contribution in [0.5, 0.6) is 0 Å². The molecule has 4 unspecified atom stereocenters. The van der Waals surface area contributed by atoms with Crippen LogP contribution in [0.25, 0.3) is 0 Å². The zero-order valence-corrected chi connectivity index (χ0v) is 7.98. The molecule has 2 fully saturated rings. The van der Waals surface area contributed by atoms with E-state index in [2.05, 4.69) is 0 Å². The second-order valence-electron chi connectivity index (χ2n) is 4.48. The maximum absolute atomic E-state index is 11.2. The summed E-state index contributed by atoms with van der Waals surface area (Å²) >= 11 is 0. The summed E-state index contributed by atoms with van der Waals surface area (Å²) in [7, 11) is 0. The predicted octanol–water partition coefficient (Wildman–Crippen LogP) is 0.609. The van der Waals surface area contributed by atoms with E-state index < -0.39 is 23.7 Å². The smallest absolute Gasteiger partial charge is 0.307 e. The maximum atomic E-state index is 11.2. The summed E-state index contributed by atoms with van der Waals surface area (Å²) in [5.74, 6) is -1.79. The van der Waals surface area contributed by atoms with Crippen LogP contribution >= 0.6 is 0 Å². The molecular formula is C10H15NO3. The van der Waals surface area contributed by atoms with Crippen LogP contribution in [0.3, 0.4) is 0 Å². The van der Waals surface area contributed by atoms with Gasteiger partial charge in [0.2, 0.25) is 5.91 Å². The Morgan fingerprint density at radius 1 is 1.14 bits per heavy atom. The highest BCUT2D eigenvalue weighted by Gasteiger charge is 2.51. The molecule has 0 saturated heterocycles. The zero-order chi connectivity index (χ0) is 10.3. The third-order valence-electron chi connectivity index (χ3n) is 3.77. The topological polar surface area (TPSA) is 80.4 Å². The molecule has 0 aliphatic heterocycles. The van der Waals surface area contributed by atoms with Gasteiger partial charge in [-0.3, -0.25) is 9.59 Å². The van der Waals surface area contributed by atoms with Crippen LogP contribution in [-0.2, 0) is 9.59 Å². The van der Waals surface area contributed by atoms with E-state index in [1.807, 2.05) is 0 Å². The molecule has 2 rings (SSSR count). The fourth-order valence-corrected chi connectivity index (χ4v) is 3.27. The van der Waals surface area contributed by atoms with Gasteiger partial charge >= 0.3 is 5.97 Å². The van der Waals surface area contributed by atoms with Crippen LogP contribution in [0, 0.1) is 23.7 Å². The van der Waals surface area contributed by atoms with E-state index in [4.69, 9.17) is 10.8 Å². The Bertz CT molecular complexity index is 251. The van der Waals surface area contributed by atoms with Crippen LogP contribution in [0.15, 0.2) is 0 Å². The number of primary amides is 1. The molecule has 2 saturated carbocycles. The largest absolute Gasteiger partial charge is 0.481 e. The van der Waals surface area contributed by atoms with Crippen molar-refractivity contribution < 1.29 is 14.7 Å². The number of carbonyl (C=O) groups is 2. The number of carbonyl (C=O) groups excluding carboxylic acids is 1. The summed E-state index contributed by atoms with van der Waals surface area (Å²) in [4.78, 5) is 22.3. The Labute approximate surface area is 82.5 Å². The molecule has 14 heavy (non-hydrogen) atoms. The fraction of sp³-hybridized carbons (Fsp3) is 0.800. The predicted molar refractivity (Wildman–Crippen MR) is 49.3 cm³/mol. The lowest BCUT2D eigenvalue weighted by Crippen LogP contribution is -2.35. The van der Waals surface area contributed by atoms with E-state index in [0.29, 0.717) is 0 Å². The first-order valence-electron chi connectivity index (χ1n) is 5.13. The fourth-order valence-electron chi connectivity index (χ4n) is 3.27. The molecule has 4 atom stereocenters. The van der Waals surface area contributed by atoms with Crippen LogP contribution in [0.4, 0.5) is 0 Å². The van der Waals surface area contributed by atoms with Gasteiger partial charge in [0.25, 0.3) is 0 Å². The summed E-state index contributed by atoms with van der Waals surface area (Å²) in [5, 5.41) is 9.07. The maximum Gasteiger partial charge on any atom is 0.307 e. The number of carboxylic acids is 1. The van der Waals surface area contributed by atoms with Gasteiger partial charge in [0.05, 0.1) is 11.8 Å². The lowest BCUT2D eigenvalue weighted by atomic mass is 9.87. The molecule has 3 N–H and O–H groups in total. The second-order valence-corrected chi connectivity index (χ2v) is 4.48. The van der Waals surface area contributed by atoms with Crippen LogP contribution in [-0.4, -0.2) is 17.0 Å². The first kappa shape index (κ1) is 9.49. The van der Waals surface area contributed by atoms with Crippen molar-refractivity contribution in [2.45, 2.75) is 25.7 Å². The molecule has 2 aliphatic carbocycles. The average molecular weight is 197 g/mol. The molecular weight excluding hydrogens is 182 g/mol. The van der Waals surface area contributed by atoms with E-state index >= 15 is 0 Å². The Kier molecular flexibility index (Phi) is 2.21. The standard InChI is InChI=1S/C10H15NO3/c11-9(12)7-5-2-1-3-6(4-5)8(7)10(13)14/h5-8H,1-4H2,(H2,11,12)(H,13,14). The van der Waals surface area contributed by atoms with Gasteiger partial charge in [0.1, 0.15) is 0 Å². The minimum Gasteiger partial charge on any atom is -0.481 e. The van der Waals surface area contributed by atoms with E-state index in [1.165, 1.54) is 0 Å². The Morgan fingerprint density at radius 2 is 1.71 bits per heavy atom. The van der Waals surface area contributed by atoms with E-state index in [-0.39, 0.29) is 11.8 Å². The van der Waals surface area contributed by atoms with Crippen molar-refractivity contribution in [2.75, 3.05) is 0 Å². The number of aliphatic carboxylic acids is 1. The van der Waals surface area contributed by atoms with E-state index in [1.54, 1.807) is 0 Å². The first-order chi connectivity index (χ1) is 6.61. The van der Waals surface area contributed by atoms with Crippen molar-refractivity contribution in [2.24, 2.45) is 29.4 Å². The van der Waals surface area contributed by atoms with Gasteiger partial charge in [-0.05, 0) is 31.1 Å². The average Bonchev–Trinajstić information content (AvgIpc) is 2.37. The van der Waals surface area contributed by atoms with Crippen LogP contribution in [0.2, 0.25) is 0 Å². The van der Waals surface area contributed by atoms with Crippen molar-refractivity contribution in [3.05, 3.63) is 0 Å². The number of carboxylic acid groups (broad SMARTS) is 1. The van der Waals surface area contributed by atoms with Gasteiger partial charge < -0.3 is 10.8 Å². The molecule has 2 aliphatic rings. The third kappa shape index (κ3) is 1.29. The van der Waals surface area contributed by atoms with Crippen LogP contribution < -0.4 is 5.73 Å². The highest BCUT2D eigenvalue weighted by atomic mass is 16.4. The monoisotopic (exact) mass is 197 g/mol. The van der Waals surface area contributed by atoms with E-state index in [9.17, 15) is 9.59 Å². The molecule has 0 aromatic carbocycles. The van der Waals surface area contributed by atoms with Gasteiger partial charge in [0, 0.05) is 0 Å². The molecule has 2 bridgehead atoms. The number of rotatable bonds is 2. The summed E-state index contributed by atoms with van der Waals surface area (Å²) < 4.78 is 0. The lowest BCUT2D eigenvalue weighted by Gasteiger charge is -2.18. The number of fused-ring (bicyclic) bond motifs is 2. The summed E-state index contributed by atoms with van der Waals surface area (Å²) in [5.41, 5.74) is 5.28.